The summed E-state index contributed by atoms with van der Waals surface area (Å²) in [6, 6.07) is 9.06. The number of fused-ring (bicyclic) bond motifs is 1. The van der Waals surface area contributed by atoms with E-state index in [1.54, 1.807) is 11.6 Å². The lowest BCUT2D eigenvalue weighted by Gasteiger charge is -2.03. The summed E-state index contributed by atoms with van der Waals surface area (Å²) in [6.45, 7) is 0. The third kappa shape index (κ3) is 2.30. The van der Waals surface area contributed by atoms with E-state index in [1.165, 1.54) is 17.4 Å². The molecule has 1 aromatic carbocycles. The number of carbonyl (C=O) groups is 2. The van der Waals surface area contributed by atoms with Gasteiger partial charge in [-0.05, 0) is 17.5 Å². The summed E-state index contributed by atoms with van der Waals surface area (Å²) in [7, 11) is 1.87. The molecule has 0 atom stereocenters. The average Bonchev–Trinajstić information content (AvgIpc) is 3.04. The molecule has 3 rings (SSSR count). The third-order valence-corrected chi connectivity index (χ3v) is 4.09. The van der Waals surface area contributed by atoms with Crippen LogP contribution in [0, 0.1) is 0 Å². The molecular formula is C15H12N2O3S. The van der Waals surface area contributed by atoms with Crippen molar-refractivity contribution in [3.63, 3.8) is 0 Å². The van der Waals surface area contributed by atoms with Crippen LogP contribution in [-0.4, -0.2) is 21.6 Å². The van der Waals surface area contributed by atoms with Gasteiger partial charge in [-0.25, -0.2) is 4.79 Å². The Balaban J connectivity index is 1.98. The lowest BCUT2D eigenvalue weighted by Crippen LogP contribution is -2.12. The number of carboxylic acids is 1. The molecule has 106 valence electrons. The van der Waals surface area contributed by atoms with Crippen LogP contribution in [0.5, 0.6) is 0 Å². The zero-order valence-electron chi connectivity index (χ0n) is 11.2. The first kappa shape index (κ1) is 13.4. The van der Waals surface area contributed by atoms with Crippen LogP contribution in [-0.2, 0) is 7.05 Å². The molecule has 2 N–H and O–H groups in total. The van der Waals surface area contributed by atoms with Gasteiger partial charge in [0.25, 0.3) is 5.91 Å². The number of aromatic nitrogens is 1. The minimum absolute atomic E-state index is 0.105. The number of nitrogens with one attached hydrogen (secondary N) is 1. The molecule has 0 aliphatic rings. The minimum Gasteiger partial charge on any atom is -0.478 e. The van der Waals surface area contributed by atoms with Crippen LogP contribution in [0.1, 0.15) is 20.7 Å². The molecule has 2 aromatic heterocycles. The Morgan fingerprint density at radius 1 is 1.19 bits per heavy atom. The molecule has 0 fully saturated rings. The van der Waals surface area contributed by atoms with Crippen molar-refractivity contribution in [1.82, 2.24) is 4.57 Å². The van der Waals surface area contributed by atoms with Crippen molar-refractivity contribution in [2.75, 3.05) is 5.32 Å². The Labute approximate surface area is 124 Å². The summed E-state index contributed by atoms with van der Waals surface area (Å²) >= 11 is 1.19. The number of para-hydroxylation sites is 1. The molecule has 0 aliphatic heterocycles. The van der Waals surface area contributed by atoms with Crippen molar-refractivity contribution in [3.05, 3.63) is 53.0 Å². The molecule has 2 heterocycles. The van der Waals surface area contributed by atoms with Crippen molar-refractivity contribution in [3.8, 4) is 0 Å². The van der Waals surface area contributed by atoms with Gasteiger partial charge in [0.05, 0.1) is 11.1 Å². The van der Waals surface area contributed by atoms with Gasteiger partial charge < -0.3 is 15.0 Å². The lowest BCUT2D eigenvalue weighted by atomic mass is 10.1. The van der Waals surface area contributed by atoms with Crippen molar-refractivity contribution in [1.29, 1.82) is 0 Å². The van der Waals surface area contributed by atoms with E-state index in [2.05, 4.69) is 5.32 Å². The molecule has 0 saturated carbocycles. The fraction of sp³-hybridized carbons (Fsp3) is 0.0667. The monoisotopic (exact) mass is 300 g/mol. The highest BCUT2D eigenvalue weighted by atomic mass is 32.1. The molecule has 0 radical (unpaired) electrons. The normalized spacial score (nSPS) is 10.7. The Bertz CT molecular complexity index is 848. The number of thiophene rings is 1. The number of aryl methyl sites for hydroxylation is 1. The third-order valence-electron chi connectivity index (χ3n) is 3.26. The summed E-state index contributed by atoms with van der Waals surface area (Å²) in [5.41, 5.74) is 1.58. The number of rotatable bonds is 3. The van der Waals surface area contributed by atoms with E-state index in [1.807, 2.05) is 35.9 Å². The van der Waals surface area contributed by atoms with Crippen LogP contribution in [0.2, 0.25) is 0 Å². The topological polar surface area (TPSA) is 71.3 Å². The first-order valence-electron chi connectivity index (χ1n) is 6.24. The Morgan fingerprint density at radius 3 is 2.71 bits per heavy atom. The SMILES string of the molecule is Cn1cc(C(=O)Nc2sccc2C(=O)O)c2ccccc21. The van der Waals surface area contributed by atoms with Crippen molar-refractivity contribution in [2.45, 2.75) is 0 Å². The highest BCUT2D eigenvalue weighted by molar-refractivity contribution is 7.14. The second kappa shape index (κ2) is 5.06. The number of anilines is 1. The Kier molecular flexibility index (Phi) is 3.23. The van der Waals surface area contributed by atoms with Crippen molar-refractivity contribution >= 4 is 39.1 Å². The lowest BCUT2D eigenvalue weighted by molar-refractivity contribution is 0.0698. The molecule has 6 heteroatoms. The van der Waals surface area contributed by atoms with Crippen LogP contribution >= 0.6 is 11.3 Å². The van der Waals surface area contributed by atoms with E-state index in [0.29, 0.717) is 10.6 Å². The first-order chi connectivity index (χ1) is 10.1. The molecule has 5 nitrogen and oxygen atoms in total. The van der Waals surface area contributed by atoms with E-state index >= 15 is 0 Å². The van der Waals surface area contributed by atoms with Gasteiger partial charge in [-0.1, -0.05) is 18.2 Å². The molecular weight excluding hydrogens is 288 g/mol. The van der Waals surface area contributed by atoms with Gasteiger partial charge >= 0.3 is 5.97 Å². The maximum absolute atomic E-state index is 12.4. The number of carboxylic acid groups (broad SMARTS) is 1. The van der Waals surface area contributed by atoms with Crippen LogP contribution in [0.4, 0.5) is 5.00 Å². The molecule has 0 unspecified atom stereocenters. The Hall–Kier alpha value is -2.60. The fourth-order valence-corrected chi connectivity index (χ4v) is 3.04. The quantitative estimate of drug-likeness (QED) is 0.780. The van der Waals surface area contributed by atoms with Crippen LogP contribution < -0.4 is 5.32 Å². The molecule has 0 aliphatic carbocycles. The number of hydrogen-bond acceptors (Lipinski definition) is 3. The van der Waals surface area contributed by atoms with E-state index in [9.17, 15) is 9.59 Å². The molecule has 3 aromatic rings. The summed E-state index contributed by atoms with van der Waals surface area (Å²) in [6.07, 6.45) is 1.74. The Morgan fingerprint density at radius 2 is 1.95 bits per heavy atom. The zero-order valence-corrected chi connectivity index (χ0v) is 12.0. The van der Waals surface area contributed by atoms with Gasteiger partial charge in [0.1, 0.15) is 5.00 Å². The first-order valence-corrected chi connectivity index (χ1v) is 7.12. The highest BCUT2D eigenvalue weighted by Gasteiger charge is 2.17. The van der Waals surface area contributed by atoms with Gasteiger partial charge in [0.15, 0.2) is 0 Å². The average molecular weight is 300 g/mol. The minimum atomic E-state index is -1.05. The van der Waals surface area contributed by atoms with E-state index in [-0.39, 0.29) is 11.5 Å². The van der Waals surface area contributed by atoms with Crippen LogP contribution in [0.25, 0.3) is 10.9 Å². The van der Waals surface area contributed by atoms with E-state index in [4.69, 9.17) is 5.11 Å². The summed E-state index contributed by atoms with van der Waals surface area (Å²) in [5, 5.41) is 14.6. The van der Waals surface area contributed by atoms with Gasteiger partial charge in [0, 0.05) is 24.1 Å². The smallest absolute Gasteiger partial charge is 0.338 e. The van der Waals surface area contributed by atoms with E-state index in [0.717, 1.165) is 10.9 Å². The molecule has 21 heavy (non-hydrogen) atoms. The fourth-order valence-electron chi connectivity index (χ4n) is 2.27. The van der Waals surface area contributed by atoms with Crippen LogP contribution in [0.3, 0.4) is 0 Å². The number of hydrogen-bond donors (Lipinski definition) is 2. The number of benzene rings is 1. The number of carbonyl (C=O) groups excluding carboxylic acids is 1. The highest BCUT2D eigenvalue weighted by Crippen LogP contribution is 2.26. The maximum Gasteiger partial charge on any atom is 0.338 e. The van der Waals surface area contributed by atoms with Crippen molar-refractivity contribution in [2.24, 2.45) is 7.05 Å². The van der Waals surface area contributed by atoms with E-state index < -0.39 is 5.97 Å². The second-order valence-corrected chi connectivity index (χ2v) is 5.51. The maximum atomic E-state index is 12.4. The van der Waals surface area contributed by atoms with Crippen molar-refractivity contribution < 1.29 is 14.7 Å². The summed E-state index contributed by atoms with van der Waals surface area (Å²) < 4.78 is 1.87. The second-order valence-electron chi connectivity index (χ2n) is 4.59. The molecule has 0 spiro atoms. The van der Waals surface area contributed by atoms with Gasteiger partial charge in [-0.15, -0.1) is 11.3 Å². The number of amides is 1. The standard InChI is InChI=1S/C15H12N2O3S/c1-17-8-11(9-4-2-3-5-12(9)17)13(18)16-14-10(15(19)20)6-7-21-14/h2-8H,1H3,(H,16,18)(H,19,20). The largest absolute Gasteiger partial charge is 0.478 e. The molecule has 1 amide bonds. The predicted octanol–water partition coefficient (Wildman–Crippen LogP) is 3.19. The zero-order chi connectivity index (χ0) is 15.0. The van der Waals surface area contributed by atoms with Crippen LogP contribution in [0.15, 0.2) is 41.9 Å². The predicted molar refractivity (Wildman–Crippen MR) is 82.2 cm³/mol. The van der Waals surface area contributed by atoms with Gasteiger partial charge in [-0.2, -0.15) is 0 Å². The van der Waals surface area contributed by atoms with Gasteiger partial charge in [0.2, 0.25) is 0 Å². The number of nitrogens with zero attached hydrogens (tertiary/aromatic N) is 1. The summed E-state index contributed by atoms with van der Waals surface area (Å²) in [5.74, 6) is -1.36. The molecule has 0 bridgehead atoms. The van der Waals surface area contributed by atoms with Gasteiger partial charge in [-0.3, -0.25) is 4.79 Å². The molecule has 0 saturated heterocycles. The number of aromatic carboxylic acids is 1. The summed E-state index contributed by atoms with van der Waals surface area (Å²) in [4.78, 5) is 23.5.